The van der Waals surface area contributed by atoms with Crippen LogP contribution in [-0.4, -0.2) is 4.90 Å². The number of benzene rings is 1. The monoisotopic (exact) mass is 237 g/mol. The number of aryl methyl sites for hydroxylation is 2. The Balaban J connectivity index is 2.41. The van der Waals surface area contributed by atoms with Crippen LogP contribution in [0.5, 0.6) is 0 Å². The third-order valence-corrected chi connectivity index (χ3v) is 3.07. The highest BCUT2D eigenvalue weighted by Gasteiger charge is 2.09. The summed E-state index contributed by atoms with van der Waals surface area (Å²) in [6.45, 7) is 10.3. The molecule has 1 heterocycles. The highest BCUT2D eigenvalue weighted by molar-refractivity contribution is 5.78. The Kier molecular flexibility index (Phi) is 3.52. The van der Waals surface area contributed by atoms with Crippen LogP contribution in [0.25, 0.3) is 5.57 Å². The summed E-state index contributed by atoms with van der Waals surface area (Å²) in [5.74, 6) is 0. The third-order valence-electron chi connectivity index (χ3n) is 3.07. The third kappa shape index (κ3) is 2.45. The summed E-state index contributed by atoms with van der Waals surface area (Å²) in [6, 6.07) is 6.55. The molecule has 0 fully saturated rings. The molecule has 0 aliphatic carbocycles. The van der Waals surface area contributed by atoms with Crippen molar-refractivity contribution >= 4 is 5.57 Å². The van der Waals surface area contributed by atoms with Gasteiger partial charge in [-0.15, -0.1) is 0 Å². The molecule has 1 aliphatic heterocycles. The molecule has 0 atom stereocenters. The average Bonchev–Trinajstić information content (AvgIpc) is 2.33. The maximum atomic E-state index is 4.02. The number of hydrogen-bond donors (Lipinski definition) is 0. The summed E-state index contributed by atoms with van der Waals surface area (Å²) in [4.78, 5) is 2.05. The van der Waals surface area contributed by atoms with Gasteiger partial charge in [0.15, 0.2) is 0 Å². The highest BCUT2D eigenvalue weighted by Crippen LogP contribution is 2.26. The predicted molar refractivity (Wildman–Crippen MR) is 78.8 cm³/mol. The van der Waals surface area contributed by atoms with Gasteiger partial charge in [0, 0.05) is 18.1 Å². The van der Waals surface area contributed by atoms with Crippen molar-refractivity contribution in [2.24, 2.45) is 0 Å². The summed E-state index contributed by atoms with van der Waals surface area (Å²) in [5, 5.41) is 0. The topological polar surface area (TPSA) is 3.24 Å². The van der Waals surface area contributed by atoms with Crippen molar-refractivity contribution in [1.82, 2.24) is 4.90 Å². The normalized spacial score (nSPS) is 15.4. The second-order valence-corrected chi connectivity index (χ2v) is 4.62. The zero-order valence-electron chi connectivity index (χ0n) is 11.3. The molecule has 18 heavy (non-hydrogen) atoms. The zero-order chi connectivity index (χ0) is 13.1. The van der Waals surface area contributed by atoms with E-state index in [2.05, 4.69) is 61.9 Å². The lowest BCUT2D eigenvalue weighted by molar-refractivity contribution is 0.650. The number of allylic oxidation sites excluding steroid dienone is 4. The van der Waals surface area contributed by atoms with E-state index in [1.807, 2.05) is 19.2 Å². The minimum atomic E-state index is 0.988. The van der Waals surface area contributed by atoms with Crippen LogP contribution in [0.3, 0.4) is 0 Å². The summed E-state index contributed by atoms with van der Waals surface area (Å²) < 4.78 is 0. The molecule has 1 aromatic rings. The van der Waals surface area contributed by atoms with E-state index in [0.29, 0.717) is 0 Å². The standard InChI is InChI=1S/C17H19N/c1-5-10-18-12-16(8-7-15(18)4)17-9-6-13(2)11-14(17)3/h5-12H,4H2,1-3H3/b10-5-. The van der Waals surface area contributed by atoms with Gasteiger partial charge in [-0.2, -0.15) is 0 Å². The highest BCUT2D eigenvalue weighted by atomic mass is 15.1. The largest absolute Gasteiger partial charge is 0.324 e. The molecule has 0 saturated carbocycles. The average molecular weight is 237 g/mol. The molecular formula is C17H19N. The van der Waals surface area contributed by atoms with Gasteiger partial charge in [-0.25, -0.2) is 0 Å². The lowest BCUT2D eigenvalue weighted by Gasteiger charge is -2.22. The Morgan fingerprint density at radius 2 is 1.94 bits per heavy atom. The van der Waals surface area contributed by atoms with Gasteiger partial charge in [-0.05, 0) is 43.5 Å². The molecule has 1 nitrogen and oxygen atoms in total. The Hall–Kier alpha value is -2.02. The van der Waals surface area contributed by atoms with Crippen molar-refractivity contribution < 1.29 is 0 Å². The van der Waals surface area contributed by atoms with Crippen LogP contribution in [0, 0.1) is 13.8 Å². The maximum Gasteiger partial charge on any atom is 0.0377 e. The van der Waals surface area contributed by atoms with Crippen LogP contribution in [-0.2, 0) is 0 Å². The van der Waals surface area contributed by atoms with Crippen LogP contribution in [0.15, 0.2) is 61.1 Å². The van der Waals surface area contributed by atoms with Gasteiger partial charge in [0.2, 0.25) is 0 Å². The molecule has 2 rings (SSSR count). The van der Waals surface area contributed by atoms with E-state index in [1.165, 1.54) is 22.3 Å². The predicted octanol–water partition coefficient (Wildman–Crippen LogP) is 4.56. The molecule has 92 valence electrons. The number of hydrogen-bond acceptors (Lipinski definition) is 1. The molecule has 0 saturated heterocycles. The Morgan fingerprint density at radius 3 is 2.61 bits per heavy atom. The molecule has 1 heteroatoms. The molecule has 0 aromatic heterocycles. The Labute approximate surface area is 109 Å². The first-order valence-electron chi connectivity index (χ1n) is 6.19. The molecule has 1 aliphatic rings. The smallest absolute Gasteiger partial charge is 0.0377 e. The zero-order valence-corrected chi connectivity index (χ0v) is 11.3. The summed E-state index contributed by atoms with van der Waals surface area (Å²) in [5.41, 5.74) is 6.09. The first kappa shape index (κ1) is 12.4. The van der Waals surface area contributed by atoms with Gasteiger partial charge >= 0.3 is 0 Å². The fourth-order valence-electron chi connectivity index (χ4n) is 2.14. The van der Waals surface area contributed by atoms with Crippen molar-refractivity contribution in [3.8, 4) is 0 Å². The van der Waals surface area contributed by atoms with Crippen molar-refractivity contribution in [2.45, 2.75) is 20.8 Å². The van der Waals surface area contributed by atoms with E-state index in [1.54, 1.807) is 0 Å². The molecular weight excluding hydrogens is 218 g/mol. The van der Waals surface area contributed by atoms with E-state index in [-0.39, 0.29) is 0 Å². The van der Waals surface area contributed by atoms with Crippen LogP contribution in [0.4, 0.5) is 0 Å². The van der Waals surface area contributed by atoms with Crippen LogP contribution < -0.4 is 0 Å². The number of nitrogens with zero attached hydrogens (tertiary/aromatic N) is 1. The molecule has 1 aromatic carbocycles. The second-order valence-electron chi connectivity index (χ2n) is 4.62. The fraction of sp³-hybridized carbons (Fsp3) is 0.176. The quantitative estimate of drug-likeness (QED) is 0.728. The molecule has 0 bridgehead atoms. The molecule has 0 spiro atoms. The lowest BCUT2D eigenvalue weighted by atomic mass is 9.97. The molecule has 0 N–H and O–H groups in total. The minimum Gasteiger partial charge on any atom is -0.324 e. The Bertz CT molecular complexity index is 559. The van der Waals surface area contributed by atoms with Crippen molar-refractivity contribution in [3.05, 3.63) is 77.8 Å². The first-order chi connectivity index (χ1) is 8.61. The summed E-state index contributed by atoms with van der Waals surface area (Å²) >= 11 is 0. The van der Waals surface area contributed by atoms with Gasteiger partial charge in [0.1, 0.15) is 0 Å². The second kappa shape index (κ2) is 5.09. The van der Waals surface area contributed by atoms with Crippen LogP contribution >= 0.6 is 0 Å². The van der Waals surface area contributed by atoms with Crippen molar-refractivity contribution in [2.75, 3.05) is 0 Å². The maximum absolute atomic E-state index is 4.02. The van der Waals surface area contributed by atoms with E-state index in [0.717, 1.165) is 5.70 Å². The number of rotatable bonds is 2. The first-order valence-corrected chi connectivity index (χ1v) is 6.19. The minimum absolute atomic E-state index is 0.988. The Morgan fingerprint density at radius 1 is 1.17 bits per heavy atom. The van der Waals surface area contributed by atoms with E-state index in [9.17, 15) is 0 Å². The molecule has 0 radical (unpaired) electrons. The van der Waals surface area contributed by atoms with E-state index >= 15 is 0 Å². The lowest BCUT2D eigenvalue weighted by Crippen LogP contribution is -2.10. The fourth-order valence-corrected chi connectivity index (χ4v) is 2.14. The van der Waals surface area contributed by atoms with E-state index < -0.39 is 0 Å². The van der Waals surface area contributed by atoms with Crippen LogP contribution in [0.2, 0.25) is 0 Å². The molecule has 0 unspecified atom stereocenters. The van der Waals surface area contributed by atoms with Gasteiger partial charge < -0.3 is 4.90 Å². The van der Waals surface area contributed by atoms with Gasteiger partial charge in [0.25, 0.3) is 0 Å². The van der Waals surface area contributed by atoms with Crippen molar-refractivity contribution in [3.63, 3.8) is 0 Å². The van der Waals surface area contributed by atoms with Gasteiger partial charge in [0.05, 0.1) is 0 Å². The van der Waals surface area contributed by atoms with Gasteiger partial charge in [-0.3, -0.25) is 0 Å². The van der Waals surface area contributed by atoms with E-state index in [4.69, 9.17) is 0 Å². The summed E-state index contributed by atoms with van der Waals surface area (Å²) in [7, 11) is 0. The van der Waals surface area contributed by atoms with Crippen LogP contribution in [0.1, 0.15) is 23.6 Å². The van der Waals surface area contributed by atoms with Crippen molar-refractivity contribution in [1.29, 1.82) is 0 Å². The summed E-state index contributed by atoms with van der Waals surface area (Å²) in [6.07, 6.45) is 10.3. The molecule has 0 amide bonds. The SMILES string of the molecule is C=C1C=CC(c2ccc(C)cc2C)=CN1/C=C\C. The van der Waals surface area contributed by atoms with Gasteiger partial charge in [-0.1, -0.05) is 42.5 Å².